The predicted molar refractivity (Wildman–Crippen MR) is 127 cm³/mol. The van der Waals surface area contributed by atoms with Crippen molar-refractivity contribution in [2.24, 2.45) is 7.05 Å². The number of likely N-dealkylation sites (tertiary alicyclic amines) is 1. The third-order valence-electron chi connectivity index (χ3n) is 6.29. The number of hydrogen-bond acceptors (Lipinski definition) is 4. The molecule has 2 aromatic carbocycles. The van der Waals surface area contributed by atoms with E-state index in [0.717, 1.165) is 24.5 Å². The lowest BCUT2D eigenvalue weighted by atomic mass is 9.99. The Bertz CT molecular complexity index is 1240. The summed E-state index contributed by atoms with van der Waals surface area (Å²) in [6, 6.07) is 13.0. The van der Waals surface area contributed by atoms with Crippen molar-refractivity contribution in [1.82, 2.24) is 14.7 Å². The monoisotopic (exact) mass is 482 g/mol. The lowest BCUT2D eigenvalue weighted by Gasteiger charge is -2.25. The number of carbonyl (C=O) groups is 2. The number of halogens is 2. The average Bonchev–Trinajstić information content (AvgIpc) is 3.45. The number of fused-ring (bicyclic) bond motifs is 1. The maximum Gasteiger partial charge on any atom is 0.242 e. The Kier molecular flexibility index (Phi) is 6.12. The minimum absolute atomic E-state index is 0.0532. The average molecular weight is 483 g/mol. The van der Waals surface area contributed by atoms with Gasteiger partial charge in [-0.1, -0.05) is 36.4 Å². The summed E-state index contributed by atoms with van der Waals surface area (Å²) in [7, 11) is 1.72. The summed E-state index contributed by atoms with van der Waals surface area (Å²) in [5.41, 5.74) is 2.34. The fraction of sp³-hybridized carbons (Fsp3) is 0.320. The van der Waals surface area contributed by atoms with E-state index in [1.165, 1.54) is 28.8 Å². The molecule has 0 bridgehead atoms. The van der Waals surface area contributed by atoms with Crippen LogP contribution in [0.15, 0.2) is 48.5 Å². The Balaban J connectivity index is 1.67. The molecule has 0 saturated carbocycles. The highest BCUT2D eigenvalue weighted by molar-refractivity contribution is 8.00. The number of carbonyl (C=O) groups excluding carboxylic acids is 2. The Morgan fingerprint density at radius 2 is 1.85 bits per heavy atom. The number of thioether (sulfide) groups is 1. The SMILES string of the molecule is Cn1nc(-c2ccccc2)c2c1N(CC(=O)N1CCCC1)C(=O)CSC2c1ccc(F)cc1F. The van der Waals surface area contributed by atoms with Crippen LogP contribution in [0.1, 0.15) is 29.2 Å². The summed E-state index contributed by atoms with van der Waals surface area (Å²) in [5.74, 6) is -1.18. The van der Waals surface area contributed by atoms with Gasteiger partial charge in [-0.2, -0.15) is 5.10 Å². The first-order chi connectivity index (χ1) is 16.4. The van der Waals surface area contributed by atoms with E-state index in [4.69, 9.17) is 5.10 Å². The van der Waals surface area contributed by atoms with Gasteiger partial charge in [-0.15, -0.1) is 11.8 Å². The van der Waals surface area contributed by atoms with Crippen molar-refractivity contribution < 1.29 is 18.4 Å². The van der Waals surface area contributed by atoms with Crippen LogP contribution in [0, 0.1) is 11.6 Å². The van der Waals surface area contributed by atoms with E-state index in [0.29, 0.717) is 30.2 Å². The van der Waals surface area contributed by atoms with Crippen LogP contribution in [0.2, 0.25) is 0 Å². The highest BCUT2D eigenvalue weighted by atomic mass is 32.2. The number of anilines is 1. The molecule has 1 saturated heterocycles. The number of hydrogen-bond donors (Lipinski definition) is 0. The lowest BCUT2D eigenvalue weighted by molar-refractivity contribution is -0.130. The third kappa shape index (κ3) is 4.09. The molecule has 6 nitrogen and oxygen atoms in total. The molecule has 2 amide bonds. The molecule has 5 rings (SSSR count). The summed E-state index contributed by atoms with van der Waals surface area (Å²) >= 11 is 1.26. The van der Waals surface area contributed by atoms with Gasteiger partial charge in [0.1, 0.15) is 24.0 Å². The van der Waals surface area contributed by atoms with Crippen LogP contribution in [0.3, 0.4) is 0 Å². The molecular formula is C25H24F2N4O2S. The van der Waals surface area contributed by atoms with Gasteiger partial charge in [-0.05, 0) is 18.9 Å². The summed E-state index contributed by atoms with van der Waals surface area (Å²) in [6.07, 6.45) is 1.91. The fourth-order valence-corrected chi connectivity index (χ4v) is 5.88. The standard InChI is InChI=1S/C25H24F2N4O2S/c1-29-25-22(23(28-29)16-7-3-2-4-8-16)24(18-10-9-17(26)13-19(18)27)34-15-21(33)31(25)14-20(32)30-11-5-6-12-30/h2-4,7-10,13,24H,5-6,11-12,14-15H2,1H3. The van der Waals surface area contributed by atoms with E-state index in [-0.39, 0.29) is 29.7 Å². The number of amides is 2. The van der Waals surface area contributed by atoms with Crippen molar-refractivity contribution in [2.45, 2.75) is 18.1 Å². The van der Waals surface area contributed by atoms with Gasteiger partial charge in [-0.3, -0.25) is 19.2 Å². The van der Waals surface area contributed by atoms with Crippen LogP contribution < -0.4 is 4.90 Å². The van der Waals surface area contributed by atoms with Gasteiger partial charge in [0.15, 0.2) is 0 Å². The molecule has 1 aromatic heterocycles. The third-order valence-corrected chi connectivity index (χ3v) is 7.53. The highest BCUT2D eigenvalue weighted by Gasteiger charge is 2.38. The molecule has 176 valence electrons. The van der Waals surface area contributed by atoms with Crippen molar-refractivity contribution in [2.75, 3.05) is 30.3 Å². The number of rotatable bonds is 4. The van der Waals surface area contributed by atoms with Crippen molar-refractivity contribution in [1.29, 1.82) is 0 Å². The molecular weight excluding hydrogens is 458 g/mol. The molecule has 0 N–H and O–H groups in total. The zero-order valence-corrected chi connectivity index (χ0v) is 19.5. The molecule has 1 unspecified atom stereocenters. The molecule has 2 aliphatic rings. The van der Waals surface area contributed by atoms with Gasteiger partial charge in [0, 0.05) is 42.9 Å². The summed E-state index contributed by atoms with van der Waals surface area (Å²) in [4.78, 5) is 29.5. The molecule has 2 aliphatic heterocycles. The Morgan fingerprint density at radius 1 is 1.12 bits per heavy atom. The minimum Gasteiger partial charge on any atom is -0.341 e. The van der Waals surface area contributed by atoms with E-state index < -0.39 is 16.9 Å². The Labute approximate surface area is 200 Å². The van der Waals surface area contributed by atoms with Gasteiger partial charge in [0.2, 0.25) is 11.8 Å². The number of aromatic nitrogens is 2. The predicted octanol–water partition coefficient (Wildman–Crippen LogP) is 4.16. The summed E-state index contributed by atoms with van der Waals surface area (Å²) < 4.78 is 30.2. The van der Waals surface area contributed by atoms with E-state index in [2.05, 4.69) is 0 Å². The second kappa shape index (κ2) is 9.21. The molecule has 1 atom stereocenters. The van der Waals surface area contributed by atoms with Gasteiger partial charge in [-0.25, -0.2) is 8.78 Å². The minimum atomic E-state index is -0.680. The van der Waals surface area contributed by atoms with Crippen LogP contribution in [0.4, 0.5) is 14.6 Å². The first kappa shape index (κ1) is 22.6. The Morgan fingerprint density at radius 3 is 2.56 bits per heavy atom. The second-order valence-corrected chi connectivity index (χ2v) is 9.59. The zero-order valence-electron chi connectivity index (χ0n) is 18.7. The molecule has 0 radical (unpaired) electrons. The first-order valence-electron chi connectivity index (χ1n) is 11.2. The molecule has 3 heterocycles. The van der Waals surface area contributed by atoms with Gasteiger partial charge in [0.05, 0.1) is 16.7 Å². The number of benzene rings is 2. The van der Waals surface area contributed by atoms with Gasteiger partial charge < -0.3 is 4.90 Å². The Hall–Kier alpha value is -3.20. The second-order valence-electron chi connectivity index (χ2n) is 8.50. The molecule has 1 fully saturated rings. The van der Waals surface area contributed by atoms with E-state index in [1.807, 2.05) is 30.3 Å². The van der Waals surface area contributed by atoms with Gasteiger partial charge in [0.25, 0.3) is 0 Å². The van der Waals surface area contributed by atoms with E-state index in [1.54, 1.807) is 16.6 Å². The number of nitrogens with zero attached hydrogens (tertiary/aromatic N) is 4. The van der Waals surface area contributed by atoms with Crippen LogP contribution in [0.5, 0.6) is 0 Å². The van der Waals surface area contributed by atoms with Crippen LogP contribution in [-0.2, 0) is 16.6 Å². The van der Waals surface area contributed by atoms with E-state index >= 15 is 0 Å². The van der Waals surface area contributed by atoms with Crippen molar-refractivity contribution >= 4 is 29.4 Å². The fourth-order valence-electron chi connectivity index (χ4n) is 4.66. The van der Waals surface area contributed by atoms with Crippen LogP contribution >= 0.6 is 11.8 Å². The smallest absolute Gasteiger partial charge is 0.242 e. The quantitative estimate of drug-likeness (QED) is 0.561. The van der Waals surface area contributed by atoms with Gasteiger partial charge >= 0.3 is 0 Å². The maximum absolute atomic E-state index is 15.0. The topological polar surface area (TPSA) is 58.4 Å². The zero-order chi connectivity index (χ0) is 23.8. The maximum atomic E-state index is 15.0. The molecule has 3 aromatic rings. The van der Waals surface area contributed by atoms with Crippen molar-refractivity contribution in [3.05, 3.63) is 71.3 Å². The molecule has 9 heteroatoms. The highest BCUT2D eigenvalue weighted by Crippen LogP contribution is 2.48. The largest absolute Gasteiger partial charge is 0.341 e. The van der Waals surface area contributed by atoms with Crippen LogP contribution in [-0.4, -0.2) is 51.9 Å². The van der Waals surface area contributed by atoms with Crippen molar-refractivity contribution in [3.63, 3.8) is 0 Å². The molecule has 0 spiro atoms. The number of aryl methyl sites for hydroxylation is 1. The van der Waals surface area contributed by atoms with Crippen LogP contribution in [0.25, 0.3) is 11.3 Å². The normalized spacial score (nSPS) is 18.2. The lowest BCUT2D eigenvalue weighted by Crippen LogP contribution is -2.43. The molecule has 34 heavy (non-hydrogen) atoms. The van der Waals surface area contributed by atoms with E-state index in [9.17, 15) is 18.4 Å². The summed E-state index contributed by atoms with van der Waals surface area (Å²) in [5, 5.41) is 4.10. The molecule has 0 aliphatic carbocycles. The summed E-state index contributed by atoms with van der Waals surface area (Å²) in [6.45, 7) is 1.28. The first-order valence-corrected chi connectivity index (χ1v) is 12.3. The van der Waals surface area contributed by atoms with Crippen molar-refractivity contribution in [3.8, 4) is 11.3 Å².